The third-order valence-electron chi connectivity index (χ3n) is 8.45. The second-order valence-corrected chi connectivity index (χ2v) is 14.1. The van der Waals surface area contributed by atoms with E-state index in [0.717, 1.165) is 21.8 Å². The molecule has 5 rings (SSSR count). The minimum absolute atomic E-state index is 0.116. The van der Waals surface area contributed by atoms with Crippen molar-refractivity contribution in [3.8, 4) is 5.69 Å². The van der Waals surface area contributed by atoms with Gasteiger partial charge in [-0.25, -0.2) is 9.59 Å². The number of amides is 3. The Kier molecular flexibility index (Phi) is 8.84. The summed E-state index contributed by atoms with van der Waals surface area (Å²) >= 11 is 0. The molecule has 10 nitrogen and oxygen atoms in total. The monoisotopic (exact) mass is 625 g/mol. The number of likely N-dealkylation sites (tertiary alicyclic amines) is 1. The van der Waals surface area contributed by atoms with Gasteiger partial charge in [-0.05, 0) is 80.0 Å². The molecule has 1 saturated heterocycles. The van der Waals surface area contributed by atoms with Crippen LogP contribution in [-0.2, 0) is 4.74 Å². The number of nitrogens with one attached hydrogen (secondary N) is 3. The Morgan fingerprint density at radius 3 is 2.30 bits per heavy atom. The van der Waals surface area contributed by atoms with Crippen LogP contribution < -0.4 is 10.6 Å². The minimum atomic E-state index is -0.906. The number of amidine groups is 1. The first-order valence-corrected chi connectivity index (χ1v) is 15.6. The number of fused-ring (bicyclic) bond motifs is 2. The van der Waals surface area contributed by atoms with E-state index < -0.39 is 17.8 Å². The second-order valence-electron chi connectivity index (χ2n) is 14.1. The molecule has 3 aromatic carbocycles. The zero-order valence-corrected chi connectivity index (χ0v) is 27.3. The summed E-state index contributed by atoms with van der Waals surface area (Å²) in [5.41, 5.74) is 1.45. The predicted molar refractivity (Wildman–Crippen MR) is 180 cm³/mol. The zero-order chi connectivity index (χ0) is 33.4. The largest absolute Gasteiger partial charge is 0.465 e. The van der Waals surface area contributed by atoms with Gasteiger partial charge in [-0.2, -0.15) is 0 Å². The van der Waals surface area contributed by atoms with Crippen LogP contribution in [0.1, 0.15) is 70.4 Å². The lowest BCUT2D eigenvalue weighted by atomic mass is 9.77. The molecule has 1 fully saturated rings. The number of carboxylic acid groups (broad SMARTS) is 1. The van der Waals surface area contributed by atoms with Crippen molar-refractivity contribution in [1.29, 1.82) is 5.41 Å². The van der Waals surface area contributed by atoms with E-state index in [2.05, 4.69) is 10.6 Å². The molecule has 2 heterocycles. The topological polar surface area (TPSA) is 137 Å². The van der Waals surface area contributed by atoms with Gasteiger partial charge in [0, 0.05) is 35.8 Å². The van der Waals surface area contributed by atoms with E-state index in [9.17, 15) is 19.5 Å². The van der Waals surface area contributed by atoms with Gasteiger partial charge in [0.2, 0.25) is 0 Å². The van der Waals surface area contributed by atoms with Crippen molar-refractivity contribution in [1.82, 2.24) is 20.1 Å². The number of hydrogen-bond donors (Lipinski definition) is 4. The molecule has 0 radical (unpaired) electrons. The van der Waals surface area contributed by atoms with E-state index in [1.54, 1.807) is 32.9 Å². The van der Waals surface area contributed by atoms with Crippen LogP contribution in [-0.4, -0.2) is 63.2 Å². The summed E-state index contributed by atoms with van der Waals surface area (Å²) in [4.78, 5) is 39.7. The fourth-order valence-corrected chi connectivity index (χ4v) is 6.20. The third kappa shape index (κ3) is 7.17. The number of benzene rings is 3. The van der Waals surface area contributed by atoms with Crippen molar-refractivity contribution >= 4 is 45.6 Å². The smallest absolute Gasteiger partial charge is 0.413 e. The SMILES string of the molecule is CC(C)(C)OC(=O)NC(=N)c1ccc2cc(C(=O)NCC3CCN(C(=O)O)C(C(C)(C)C)C3)n(-c3ccc4ccccc4c3)c2c1. The van der Waals surface area contributed by atoms with E-state index in [4.69, 9.17) is 10.1 Å². The molecule has 4 N–H and O–H groups in total. The molecule has 46 heavy (non-hydrogen) atoms. The molecular formula is C36H43N5O5. The molecule has 0 saturated carbocycles. The highest BCUT2D eigenvalue weighted by Crippen LogP contribution is 2.35. The van der Waals surface area contributed by atoms with Gasteiger partial charge in [0.25, 0.3) is 5.91 Å². The van der Waals surface area contributed by atoms with Crippen LogP contribution in [0.2, 0.25) is 0 Å². The van der Waals surface area contributed by atoms with Crippen LogP contribution in [0.3, 0.4) is 0 Å². The summed E-state index contributed by atoms with van der Waals surface area (Å²) in [7, 11) is 0. The fourth-order valence-electron chi connectivity index (χ4n) is 6.20. The predicted octanol–water partition coefficient (Wildman–Crippen LogP) is 7.17. The van der Waals surface area contributed by atoms with Gasteiger partial charge in [-0.15, -0.1) is 0 Å². The molecule has 0 aliphatic carbocycles. The van der Waals surface area contributed by atoms with Gasteiger partial charge in [0.05, 0.1) is 5.52 Å². The van der Waals surface area contributed by atoms with Gasteiger partial charge >= 0.3 is 12.2 Å². The lowest BCUT2D eigenvalue weighted by Crippen LogP contribution is -2.52. The van der Waals surface area contributed by atoms with Crippen molar-refractivity contribution in [2.24, 2.45) is 11.3 Å². The molecule has 1 aliphatic rings. The van der Waals surface area contributed by atoms with Crippen molar-refractivity contribution < 1.29 is 24.2 Å². The lowest BCUT2D eigenvalue weighted by Gasteiger charge is -2.44. The first-order valence-electron chi connectivity index (χ1n) is 15.6. The Morgan fingerprint density at radius 2 is 1.63 bits per heavy atom. The molecule has 0 bridgehead atoms. The Balaban J connectivity index is 1.47. The average Bonchev–Trinajstić information content (AvgIpc) is 3.37. The van der Waals surface area contributed by atoms with Gasteiger partial charge in [-0.1, -0.05) is 63.2 Å². The Hall–Kier alpha value is -4.86. The van der Waals surface area contributed by atoms with Crippen LogP contribution in [0.15, 0.2) is 66.7 Å². The van der Waals surface area contributed by atoms with Crippen molar-refractivity contribution in [3.63, 3.8) is 0 Å². The number of hydrogen-bond acceptors (Lipinski definition) is 5. The summed E-state index contributed by atoms with van der Waals surface area (Å²) in [6, 6.07) is 21.0. The molecular weight excluding hydrogens is 582 g/mol. The molecule has 3 amide bonds. The van der Waals surface area contributed by atoms with E-state index in [1.165, 1.54) is 4.90 Å². The fraction of sp³-hybridized carbons (Fsp3) is 0.389. The van der Waals surface area contributed by atoms with Crippen molar-refractivity contribution in [2.75, 3.05) is 13.1 Å². The maximum absolute atomic E-state index is 13.9. The van der Waals surface area contributed by atoms with Gasteiger partial charge in [-0.3, -0.25) is 15.5 Å². The summed E-state index contributed by atoms with van der Waals surface area (Å²) in [5.74, 6) is -0.233. The van der Waals surface area contributed by atoms with Crippen LogP contribution >= 0.6 is 0 Å². The molecule has 1 aliphatic heterocycles. The van der Waals surface area contributed by atoms with Crippen molar-refractivity contribution in [3.05, 3.63) is 78.0 Å². The van der Waals surface area contributed by atoms with E-state index >= 15 is 0 Å². The Bertz CT molecular complexity index is 1810. The highest BCUT2D eigenvalue weighted by atomic mass is 16.6. The quantitative estimate of drug-likeness (QED) is 0.138. The van der Waals surface area contributed by atoms with Crippen LogP contribution in [0.4, 0.5) is 9.59 Å². The number of aromatic nitrogens is 1. The van der Waals surface area contributed by atoms with Crippen LogP contribution in [0, 0.1) is 16.7 Å². The van der Waals surface area contributed by atoms with E-state index in [-0.39, 0.29) is 29.1 Å². The number of nitrogens with zero attached hydrogens (tertiary/aromatic N) is 2. The number of ether oxygens (including phenoxy) is 1. The number of piperidine rings is 1. The lowest BCUT2D eigenvalue weighted by molar-refractivity contribution is 0.0401. The molecule has 10 heteroatoms. The summed E-state index contributed by atoms with van der Waals surface area (Å²) in [6.45, 7) is 12.3. The second kappa shape index (κ2) is 12.5. The van der Waals surface area contributed by atoms with Gasteiger partial charge in [0.1, 0.15) is 17.1 Å². The first kappa shape index (κ1) is 32.5. The number of alkyl carbamates (subject to hydrolysis) is 1. The molecule has 2 unspecified atom stereocenters. The molecule has 1 aromatic heterocycles. The number of carbonyl (C=O) groups excluding carboxylic acids is 2. The number of carbonyl (C=O) groups is 3. The summed E-state index contributed by atoms with van der Waals surface area (Å²) < 4.78 is 7.21. The van der Waals surface area contributed by atoms with Crippen LogP contribution in [0.5, 0.6) is 0 Å². The molecule has 0 spiro atoms. The molecule has 4 aromatic rings. The average molecular weight is 626 g/mol. The molecule has 242 valence electrons. The maximum Gasteiger partial charge on any atom is 0.413 e. The summed E-state index contributed by atoms with van der Waals surface area (Å²) in [6.07, 6.45) is -0.287. The van der Waals surface area contributed by atoms with Gasteiger partial charge in [0.15, 0.2) is 0 Å². The Morgan fingerprint density at radius 1 is 0.935 bits per heavy atom. The van der Waals surface area contributed by atoms with Crippen molar-refractivity contribution in [2.45, 2.75) is 66.0 Å². The number of rotatable bonds is 5. The third-order valence-corrected chi connectivity index (χ3v) is 8.45. The van der Waals surface area contributed by atoms with E-state index in [1.807, 2.05) is 79.9 Å². The maximum atomic E-state index is 13.9. The first-order chi connectivity index (χ1) is 21.6. The zero-order valence-electron chi connectivity index (χ0n) is 27.3. The highest BCUT2D eigenvalue weighted by molar-refractivity contribution is 6.07. The standard InChI is InChI=1S/C36H43N5O5/c1-35(2,3)30-17-22(15-16-40(30)34(44)45)21-38-32(42)29-19-25-11-12-26(31(37)39-33(43)46-36(4,5)6)20-28(25)41(29)27-14-13-23-9-7-8-10-24(23)18-27/h7-14,18-20,22,30H,15-17,21H2,1-6H3,(H,38,42)(H,44,45)(H2,37,39,43). The van der Waals surface area contributed by atoms with Gasteiger partial charge < -0.3 is 24.6 Å². The minimum Gasteiger partial charge on any atom is -0.465 e. The molecule has 2 atom stereocenters. The summed E-state index contributed by atoms with van der Waals surface area (Å²) in [5, 5.41) is 26.8. The van der Waals surface area contributed by atoms with Crippen LogP contribution in [0.25, 0.3) is 27.4 Å². The Labute approximate surface area is 269 Å². The normalized spacial score (nSPS) is 17.1. The van der Waals surface area contributed by atoms with E-state index in [0.29, 0.717) is 42.7 Å². The highest BCUT2D eigenvalue weighted by Gasteiger charge is 2.38.